The van der Waals surface area contributed by atoms with Crippen molar-refractivity contribution in [2.75, 3.05) is 14.1 Å². The summed E-state index contributed by atoms with van der Waals surface area (Å²) in [5, 5.41) is 4.67. The normalized spacial score (nSPS) is 15.5. The Morgan fingerprint density at radius 1 is 1.04 bits per heavy atom. The third-order valence-electron chi connectivity index (χ3n) is 5.50. The predicted molar refractivity (Wildman–Crippen MR) is 109 cm³/mol. The minimum Gasteiger partial charge on any atom is -0.326 e. The topological polar surface area (TPSA) is 38.9 Å². The third kappa shape index (κ3) is 4.14. The Balaban J connectivity index is 1.56. The molecule has 3 aromatic rings. The molecule has 0 aliphatic heterocycles. The van der Waals surface area contributed by atoms with Crippen molar-refractivity contribution < 1.29 is 0 Å². The van der Waals surface area contributed by atoms with Gasteiger partial charge in [-0.05, 0) is 38.1 Å². The van der Waals surface area contributed by atoms with E-state index in [-0.39, 0.29) is 0 Å². The molecule has 5 heteroatoms. The average Bonchev–Trinajstić information content (AvgIpc) is 3.33. The maximum Gasteiger partial charge on any atom is 0.0954 e. The first kappa shape index (κ1) is 18.0. The molecule has 1 saturated carbocycles. The molecule has 0 saturated heterocycles. The van der Waals surface area contributed by atoms with Crippen LogP contribution in [0.25, 0.3) is 11.3 Å². The molecular formula is C22H29N5. The summed E-state index contributed by atoms with van der Waals surface area (Å²) in [5.41, 5.74) is 4.99. The summed E-state index contributed by atoms with van der Waals surface area (Å²) in [5.74, 6) is 0. The minimum atomic E-state index is 0.560. The Hall–Kier alpha value is -2.40. The van der Waals surface area contributed by atoms with E-state index in [0.717, 1.165) is 24.3 Å². The number of imidazole rings is 1. The molecule has 0 N–H and O–H groups in total. The van der Waals surface area contributed by atoms with Gasteiger partial charge >= 0.3 is 0 Å². The summed E-state index contributed by atoms with van der Waals surface area (Å²) >= 11 is 0. The Morgan fingerprint density at radius 2 is 1.81 bits per heavy atom. The van der Waals surface area contributed by atoms with Crippen molar-refractivity contribution in [1.29, 1.82) is 0 Å². The van der Waals surface area contributed by atoms with Crippen molar-refractivity contribution in [2.45, 2.75) is 51.2 Å². The van der Waals surface area contributed by atoms with Crippen LogP contribution >= 0.6 is 0 Å². The van der Waals surface area contributed by atoms with Gasteiger partial charge in [0.1, 0.15) is 0 Å². The van der Waals surface area contributed by atoms with Crippen molar-refractivity contribution in [3.63, 3.8) is 0 Å². The van der Waals surface area contributed by atoms with Crippen LogP contribution in [0.3, 0.4) is 0 Å². The van der Waals surface area contributed by atoms with Gasteiger partial charge in [-0.3, -0.25) is 4.68 Å². The van der Waals surface area contributed by atoms with Gasteiger partial charge in [-0.25, -0.2) is 4.98 Å². The molecule has 1 fully saturated rings. The van der Waals surface area contributed by atoms with E-state index in [2.05, 4.69) is 68.8 Å². The van der Waals surface area contributed by atoms with Crippen LogP contribution in [-0.2, 0) is 13.1 Å². The highest BCUT2D eigenvalue weighted by atomic mass is 15.3. The van der Waals surface area contributed by atoms with E-state index in [1.807, 2.05) is 18.7 Å². The van der Waals surface area contributed by atoms with E-state index in [9.17, 15) is 0 Å². The summed E-state index contributed by atoms with van der Waals surface area (Å²) in [6.07, 6.45) is 14.6. The third-order valence-corrected chi connectivity index (χ3v) is 5.50. The van der Waals surface area contributed by atoms with Gasteiger partial charge in [-0.2, -0.15) is 5.10 Å². The van der Waals surface area contributed by atoms with Crippen LogP contribution in [0.1, 0.15) is 49.3 Å². The van der Waals surface area contributed by atoms with Crippen LogP contribution in [0, 0.1) is 0 Å². The molecule has 1 aliphatic carbocycles. The number of rotatable bonds is 6. The maximum absolute atomic E-state index is 4.67. The van der Waals surface area contributed by atoms with Gasteiger partial charge in [0.15, 0.2) is 0 Å². The van der Waals surface area contributed by atoms with Crippen molar-refractivity contribution in [3.8, 4) is 11.3 Å². The second kappa shape index (κ2) is 8.09. The van der Waals surface area contributed by atoms with E-state index in [0.29, 0.717) is 6.04 Å². The second-order valence-electron chi connectivity index (χ2n) is 7.91. The van der Waals surface area contributed by atoms with Crippen LogP contribution in [0.4, 0.5) is 0 Å². The van der Waals surface area contributed by atoms with Crippen LogP contribution in [0.15, 0.2) is 49.2 Å². The Morgan fingerprint density at radius 3 is 2.59 bits per heavy atom. The smallest absolute Gasteiger partial charge is 0.0954 e. The fourth-order valence-corrected chi connectivity index (χ4v) is 4.09. The van der Waals surface area contributed by atoms with Gasteiger partial charge in [0.25, 0.3) is 0 Å². The van der Waals surface area contributed by atoms with Crippen LogP contribution < -0.4 is 0 Å². The molecule has 4 rings (SSSR count). The molecule has 0 atom stereocenters. The maximum atomic E-state index is 4.67. The van der Waals surface area contributed by atoms with Crippen LogP contribution in [-0.4, -0.2) is 38.3 Å². The van der Waals surface area contributed by atoms with E-state index < -0.39 is 0 Å². The molecule has 142 valence electrons. The Labute approximate surface area is 161 Å². The highest BCUT2D eigenvalue weighted by Gasteiger charge is 2.17. The SMILES string of the molecule is CN(C)Cc1ccccc1Cn1cncc1-c1cnn(C2CCCCC2)c1. The fourth-order valence-electron chi connectivity index (χ4n) is 4.09. The summed E-state index contributed by atoms with van der Waals surface area (Å²) < 4.78 is 4.41. The molecule has 0 amide bonds. The average molecular weight is 364 g/mol. The molecular weight excluding hydrogens is 334 g/mol. The standard InChI is InChI=1S/C22H29N5/c1-25(2)14-18-8-6-7-9-19(18)15-26-17-23-13-22(26)20-12-24-27(16-20)21-10-4-3-5-11-21/h6-9,12-13,16-17,21H,3-5,10-11,14-15H2,1-2H3. The number of hydrogen-bond donors (Lipinski definition) is 0. The Bertz CT molecular complexity index is 870. The van der Waals surface area contributed by atoms with E-state index in [1.165, 1.54) is 43.2 Å². The first-order chi connectivity index (χ1) is 13.2. The molecule has 1 aliphatic rings. The molecule has 0 unspecified atom stereocenters. The largest absolute Gasteiger partial charge is 0.326 e. The predicted octanol–water partition coefficient (Wildman–Crippen LogP) is 4.36. The van der Waals surface area contributed by atoms with Crippen molar-refractivity contribution in [3.05, 3.63) is 60.3 Å². The van der Waals surface area contributed by atoms with Gasteiger partial charge in [-0.15, -0.1) is 0 Å². The second-order valence-corrected chi connectivity index (χ2v) is 7.91. The lowest BCUT2D eigenvalue weighted by Crippen LogP contribution is -2.13. The summed E-state index contributed by atoms with van der Waals surface area (Å²) in [6.45, 7) is 1.77. The Kier molecular flexibility index (Phi) is 5.39. The number of aromatic nitrogens is 4. The van der Waals surface area contributed by atoms with Gasteiger partial charge in [0, 0.05) is 24.8 Å². The molecule has 27 heavy (non-hydrogen) atoms. The summed E-state index contributed by atoms with van der Waals surface area (Å²) in [4.78, 5) is 6.63. The zero-order valence-electron chi connectivity index (χ0n) is 16.4. The van der Waals surface area contributed by atoms with Crippen molar-refractivity contribution in [1.82, 2.24) is 24.2 Å². The molecule has 0 bridgehead atoms. The van der Waals surface area contributed by atoms with Crippen molar-refractivity contribution >= 4 is 0 Å². The van der Waals surface area contributed by atoms with Gasteiger partial charge in [0.2, 0.25) is 0 Å². The van der Waals surface area contributed by atoms with E-state index >= 15 is 0 Å². The monoisotopic (exact) mass is 363 g/mol. The lowest BCUT2D eigenvalue weighted by atomic mass is 9.96. The molecule has 1 aromatic carbocycles. The van der Waals surface area contributed by atoms with E-state index in [4.69, 9.17) is 0 Å². The molecule has 5 nitrogen and oxygen atoms in total. The first-order valence-electron chi connectivity index (χ1n) is 9.97. The molecule has 2 heterocycles. The van der Waals surface area contributed by atoms with Crippen LogP contribution in [0.5, 0.6) is 0 Å². The molecule has 0 spiro atoms. The summed E-state index contributed by atoms with van der Waals surface area (Å²) in [7, 11) is 4.22. The lowest BCUT2D eigenvalue weighted by Gasteiger charge is -2.21. The molecule has 0 radical (unpaired) electrons. The van der Waals surface area contributed by atoms with Crippen molar-refractivity contribution in [2.24, 2.45) is 0 Å². The highest BCUT2D eigenvalue weighted by molar-refractivity contribution is 5.57. The summed E-state index contributed by atoms with van der Waals surface area (Å²) in [6, 6.07) is 9.23. The van der Waals surface area contributed by atoms with E-state index in [1.54, 1.807) is 0 Å². The number of hydrogen-bond acceptors (Lipinski definition) is 3. The number of benzene rings is 1. The van der Waals surface area contributed by atoms with Crippen LogP contribution in [0.2, 0.25) is 0 Å². The van der Waals surface area contributed by atoms with Gasteiger partial charge < -0.3 is 9.47 Å². The molecule has 2 aromatic heterocycles. The number of nitrogens with zero attached hydrogens (tertiary/aromatic N) is 5. The zero-order valence-corrected chi connectivity index (χ0v) is 16.4. The van der Waals surface area contributed by atoms with Gasteiger partial charge in [-0.1, -0.05) is 43.5 Å². The minimum absolute atomic E-state index is 0.560. The van der Waals surface area contributed by atoms with Gasteiger partial charge in [0.05, 0.1) is 30.5 Å². The fraction of sp³-hybridized carbons (Fsp3) is 0.455. The zero-order chi connectivity index (χ0) is 18.6. The highest BCUT2D eigenvalue weighted by Crippen LogP contribution is 2.29. The lowest BCUT2D eigenvalue weighted by molar-refractivity contribution is 0.329. The first-order valence-corrected chi connectivity index (χ1v) is 9.97. The quantitative estimate of drug-likeness (QED) is 0.653.